The maximum atomic E-state index is 10.6. The summed E-state index contributed by atoms with van der Waals surface area (Å²) in [5, 5.41) is 24.3. The second kappa shape index (κ2) is 9.64. The van der Waals surface area contributed by atoms with Gasteiger partial charge in [-0.25, -0.2) is 19.4 Å². The largest absolute Gasteiger partial charge is 0.508 e. The van der Waals surface area contributed by atoms with Crippen molar-refractivity contribution in [3.8, 4) is 17.3 Å². The summed E-state index contributed by atoms with van der Waals surface area (Å²) in [5.74, 6) is -1.02. The highest BCUT2D eigenvalue weighted by Gasteiger charge is 2.38. The van der Waals surface area contributed by atoms with Gasteiger partial charge in [-0.3, -0.25) is 0 Å². The minimum absolute atomic E-state index is 0.143. The van der Waals surface area contributed by atoms with Crippen molar-refractivity contribution in [1.29, 1.82) is 0 Å². The van der Waals surface area contributed by atoms with Crippen LogP contribution in [0.15, 0.2) is 49.2 Å². The highest BCUT2D eigenvalue weighted by molar-refractivity contribution is 5.73. The molecule has 0 saturated carbocycles. The van der Waals surface area contributed by atoms with E-state index in [2.05, 4.69) is 27.3 Å². The van der Waals surface area contributed by atoms with Crippen LogP contribution in [0.4, 0.5) is 13.2 Å². The monoisotopic (exact) mass is 451 g/mol. The topological polar surface area (TPSA) is 122 Å². The summed E-state index contributed by atoms with van der Waals surface area (Å²) in [5.41, 5.74) is 2.20. The molecule has 3 aromatic rings. The van der Waals surface area contributed by atoms with Gasteiger partial charge in [-0.15, -0.1) is 0 Å². The number of ether oxygens (including phenoxy) is 1. The smallest absolute Gasteiger partial charge is 0.490 e. The van der Waals surface area contributed by atoms with Crippen molar-refractivity contribution in [2.45, 2.75) is 31.6 Å². The minimum atomic E-state index is -5.08. The zero-order valence-electron chi connectivity index (χ0n) is 16.8. The lowest BCUT2D eigenvalue weighted by Crippen LogP contribution is -2.40. The number of carboxylic acid groups (broad SMARTS) is 1. The number of benzene rings is 1. The van der Waals surface area contributed by atoms with E-state index in [1.807, 2.05) is 24.4 Å². The van der Waals surface area contributed by atoms with E-state index in [1.54, 1.807) is 23.1 Å². The number of rotatable bonds is 4. The second-order valence-electron chi connectivity index (χ2n) is 6.99. The Labute approximate surface area is 180 Å². The number of alkyl halides is 3. The average Bonchev–Trinajstić information content (AvgIpc) is 3.29. The summed E-state index contributed by atoms with van der Waals surface area (Å²) in [6, 6.07) is 9.60. The zero-order chi connectivity index (χ0) is 23.3. The van der Waals surface area contributed by atoms with Gasteiger partial charge < -0.3 is 20.3 Å². The molecule has 3 heterocycles. The van der Waals surface area contributed by atoms with Crippen LogP contribution in [-0.2, 0) is 11.2 Å². The average molecular weight is 451 g/mol. The SMILES string of the molecule is CC(NC1COc2cc(O)ccc2C1)c1ccc(-n2cncn2)nc1.O=C(O)C(F)(F)F. The Kier molecular flexibility index (Phi) is 6.93. The molecule has 32 heavy (non-hydrogen) atoms. The number of aromatic nitrogens is 4. The van der Waals surface area contributed by atoms with Crippen molar-refractivity contribution in [1.82, 2.24) is 25.1 Å². The van der Waals surface area contributed by atoms with Crippen LogP contribution in [0, 0.1) is 0 Å². The number of hydrogen-bond acceptors (Lipinski definition) is 7. The van der Waals surface area contributed by atoms with Crippen molar-refractivity contribution in [3.63, 3.8) is 0 Å². The molecule has 0 aliphatic carbocycles. The van der Waals surface area contributed by atoms with Gasteiger partial charge in [-0.1, -0.05) is 12.1 Å². The van der Waals surface area contributed by atoms with E-state index >= 15 is 0 Å². The first-order chi connectivity index (χ1) is 15.1. The number of hydrogen-bond donors (Lipinski definition) is 3. The normalized spacial score (nSPS) is 16.2. The highest BCUT2D eigenvalue weighted by Crippen LogP contribution is 2.29. The van der Waals surface area contributed by atoms with Gasteiger partial charge in [-0.05, 0) is 36.6 Å². The maximum Gasteiger partial charge on any atom is 0.490 e. The Morgan fingerprint density at radius 2 is 2.06 bits per heavy atom. The van der Waals surface area contributed by atoms with E-state index in [4.69, 9.17) is 14.6 Å². The van der Waals surface area contributed by atoms with Crippen LogP contribution < -0.4 is 10.1 Å². The molecule has 0 bridgehead atoms. The van der Waals surface area contributed by atoms with Crippen molar-refractivity contribution < 1.29 is 32.9 Å². The number of pyridine rings is 1. The van der Waals surface area contributed by atoms with E-state index in [0.717, 1.165) is 29.1 Å². The molecular weight excluding hydrogens is 431 g/mol. The summed E-state index contributed by atoms with van der Waals surface area (Å²) in [4.78, 5) is 17.3. The predicted molar refractivity (Wildman–Crippen MR) is 105 cm³/mol. The molecule has 0 amide bonds. The standard InChI is InChI=1S/C18H19N5O2.C2HF3O2/c1-12(14-3-5-18(20-8-14)23-11-19-10-21-23)22-15-6-13-2-4-16(24)7-17(13)25-9-15;3-2(4,5)1(6)7/h2-5,7-8,10-12,15,22,24H,6,9H2,1H3;(H,6,7). The highest BCUT2D eigenvalue weighted by atomic mass is 19.4. The van der Waals surface area contributed by atoms with Crippen LogP contribution >= 0.6 is 0 Å². The molecule has 1 aliphatic heterocycles. The lowest BCUT2D eigenvalue weighted by molar-refractivity contribution is -0.192. The van der Waals surface area contributed by atoms with Crippen LogP contribution in [0.1, 0.15) is 24.1 Å². The number of carboxylic acids is 1. The van der Waals surface area contributed by atoms with Gasteiger partial charge in [0.1, 0.15) is 30.8 Å². The summed E-state index contributed by atoms with van der Waals surface area (Å²) < 4.78 is 39.1. The fourth-order valence-corrected chi connectivity index (χ4v) is 3.03. The van der Waals surface area contributed by atoms with E-state index < -0.39 is 12.1 Å². The van der Waals surface area contributed by atoms with Crippen LogP contribution in [0.2, 0.25) is 0 Å². The number of aliphatic carboxylic acids is 1. The summed E-state index contributed by atoms with van der Waals surface area (Å²) in [7, 11) is 0. The molecule has 1 aliphatic rings. The fraction of sp³-hybridized carbons (Fsp3) is 0.300. The zero-order valence-corrected chi connectivity index (χ0v) is 16.8. The molecule has 4 rings (SSSR count). The summed E-state index contributed by atoms with van der Waals surface area (Å²) >= 11 is 0. The molecular formula is C20H20F3N5O4. The minimum Gasteiger partial charge on any atom is -0.508 e. The first-order valence-electron chi connectivity index (χ1n) is 9.45. The first kappa shape index (κ1) is 23.0. The second-order valence-corrected chi connectivity index (χ2v) is 6.99. The molecule has 0 saturated heterocycles. The fourth-order valence-electron chi connectivity index (χ4n) is 3.03. The molecule has 2 unspecified atom stereocenters. The third kappa shape index (κ3) is 5.94. The lowest BCUT2D eigenvalue weighted by atomic mass is 10.0. The van der Waals surface area contributed by atoms with Crippen molar-refractivity contribution in [2.75, 3.05) is 6.61 Å². The van der Waals surface area contributed by atoms with Gasteiger partial charge in [0, 0.05) is 24.3 Å². The quantitative estimate of drug-likeness (QED) is 0.554. The number of phenols is 1. The van der Waals surface area contributed by atoms with Crippen molar-refractivity contribution in [3.05, 3.63) is 60.3 Å². The van der Waals surface area contributed by atoms with Gasteiger partial charge in [0.25, 0.3) is 0 Å². The van der Waals surface area contributed by atoms with Crippen molar-refractivity contribution in [2.24, 2.45) is 0 Å². The molecule has 170 valence electrons. The number of aromatic hydroxyl groups is 1. The molecule has 0 spiro atoms. The number of fused-ring (bicyclic) bond motifs is 1. The Bertz CT molecular complexity index is 1040. The van der Waals surface area contributed by atoms with E-state index in [-0.39, 0.29) is 17.8 Å². The first-order valence-corrected chi connectivity index (χ1v) is 9.45. The molecule has 2 aromatic heterocycles. The predicted octanol–water partition coefficient (Wildman–Crippen LogP) is 2.66. The van der Waals surface area contributed by atoms with E-state index in [9.17, 15) is 18.3 Å². The van der Waals surface area contributed by atoms with Gasteiger partial charge in [0.05, 0.1) is 0 Å². The van der Waals surface area contributed by atoms with Crippen LogP contribution in [-0.4, -0.2) is 54.8 Å². The Hall–Kier alpha value is -3.67. The maximum absolute atomic E-state index is 10.6. The Morgan fingerprint density at radius 3 is 2.66 bits per heavy atom. The van der Waals surface area contributed by atoms with E-state index in [0.29, 0.717) is 6.61 Å². The molecule has 0 radical (unpaired) electrons. The number of carbonyl (C=O) groups is 1. The molecule has 2 atom stereocenters. The molecule has 0 fully saturated rings. The van der Waals surface area contributed by atoms with Gasteiger partial charge in [-0.2, -0.15) is 18.3 Å². The van der Waals surface area contributed by atoms with E-state index in [1.165, 1.54) is 6.33 Å². The molecule has 1 aromatic carbocycles. The molecule has 3 N–H and O–H groups in total. The number of nitrogens with one attached hydrogen (secondary N) is 1. The number of phenolic OH excluding ortho intramolecular Hbond substituents is 1. The number of halogens is 3. The third-order valence-electron chi connectivity index (χ3n) is 4.61. The van der Waals surface area contributed by atoms with Gasteiger partial charge >= 0.3 is 12.1 Å². The molecule has 12 heteroatoms. The molecule has 9 nitrogen and oxygen atoms in total. The van der Waals surface area contributed by atoms with Gasteiger partial charge in [0.2, 0.25) is 0 Å². The summed E-state index contributed by atoms with van der Waals surface area (Å²) in [6.07, 6.45) is 0.744. The third-order valence-corrected chi connectivity index (χ3v) is 4.61. The van der Waals surface area contributed by atoms with Gasteiger partial charge in [0.15, 0.2) is 5.82 Å². The Balaban J connectivity index is 0.000000360. The van der Waals surface area contributed by atoms with Crippen LogP contribution in [0.25, 0.3) is 5.82 Å². The number of nitrogens with zero attached hydrogens (tertiary/aromatic N) is 4. The van der Waals surface area contributed by atoms with Crippen molar-refractivity contribution >= 4 is 5.97 Å². The Morgan fingerprint density at radius 1 is 1.31 bits per heavy atom. The summed E-state index contributed by atoms with van der Waals surface area (Å²) in [6.45, 7) is 2.68. The van der Waals surface area contributed by atoms with Crippen LogP contribution in [0.3, 0.4) is 0 Å². The van der Waals surface area contributed by atoms with Crippen LogP contribution in [0.5, 0.6) is 11.5 Å². The lowest BCUT2D eigenvalue weighted by Gasteiger charge is -2.29.